The molecule has 0 bridgehead atoms. The Hall–Kier alpha value is -8.06. The fourth-order valence-electron chi connectivity index (χ4n) is 10.9. The molecule has 0 fully saturated rings. The lowest BCUT2D eigenvalue weighted by Crippen LogP contribution is -1.84. The molecule has 0 spiro atoms. The predicted octanol–water partition coefficient (Wildman–Crippen LogP) is 17.8. The molecule has 15 rings (SSSR count). The number of fused-ring (bicyclic) bond motifs is 14. The highest BCUT2D eigenvalue weighted by atomic mass is 14.1. The van der Waals surface area contributed by atoms with Crippen LogP contribution in [0, 0.1) is 0 Å². The highest BCUT2D eigenvalue weighted by molar-refractivity contribution is 6.16. The third kappa shape index (κ3) is 4.89. The Labute approximate surface area is 355 Å². The first-order chi connectivity index (χ1) is 30.5. The molecule has 0 saturated carbocycles. The van der Waals surface area contributed by atoms with E-state index in [1.165, 1.54) is 151 Å². The lowest BCUT2D eigenvalue weighted by atomic mass is 9.93. The summed E-state index contributed by atoms with van der Waals surface area (Å²) in [7, 11) is 0. The average molecular weight is 779 g/mol. The molecular formula is C62H34. The van der Waals surface area contributed by atoms with Gasteiger partial charge in [-0.1, -0.05) is 48.5 Å². The predicted molar refractivity (Wildman–Crippen MR) is 272 cm³/mol. The zero-order valence-electron chi connectivity index (χ0n) is 33.6. The van der Waals surface area contributed by atoms with Gasteiger partial charge in [0, 0.05) is 0 Å². The zero-order chi connectivity index (χ0) is 40.2. The van der Waals surface area contributed by atoms with Crippen LogP contribution in [0.3, 0.4) is 0 Å². The summed E-state index contributed by atoms with van der Waals surface area (Å²) >= 11 is 0. The van der Waals surface area contributed by atoms with Gasteiger partial charge in [0.25, 0.3) is 0 Å². The molecule has 0 atom stereocenters. The Balaban J connectivity index is 0.846. The van der Waals surface area contributed by atoms with E-state index in [4.69, 9.17) is 0 Å². The van der Waals surface area contributed by atoms with E-state index in [1.54, 1.807) is 0 Å². The highest BCUT2D eigenvalue weighted by Crippen LogP contribution is 2.38. The first kappa shape index (κ1) is 32.8. The van der Waals surface area contributed by atoms with Crippen molar-refractivity contribution in [2.24, 2.45) is 0 Å². The van der Waals surface area contributed by atoms with Gasteiger partial charge in [0.05, 0.1) is 0 Å². The molecule has 0 heteroatoms. The largest absolute Gasteiger partial charge is 0.0616 e. The van der Waals surface area contributed by atoms with E-state index in [-0.39, 0.29) is 0 Å². The lowest BCUT2D eigenvalue weighted by molar-refractivity contribution is 1.79. The normalized spacial score (nSPS) is 12.5. The van der Waals surface area contributed by atoms with Gasteiger partial charge >= 0.3 is 0 Å². The summed E-state index contributed by atoms with van der Waals surface area (Å²) in [5.74, 6) is 0. The topological polar surface area (TPSA) is 0 Å². The standard InChI is InChI=1S/C62H34/c1-2-6-36-10-40-14-44-18-48-22-52-26-56-30-60-34-62-32-58-28-54-24-50-20-46-16-42-12-38-8-4-3-7-37(38)11-41(42)15-45(46)19-49(50)23-53(54)27-57(58)31-61(62)33-59(60)29-55(56)25-51(52)21-47(48)17-43(44)13-39(40)9-35(36)5-1/h1-34H. The van der Waals surface area contributed by atoms with Crippen LogP contribution in [0.15, 0.2) is 206 Å². The quantitative estimate of drug-likeness (QED) is 0.135. The maximum Gasteiger partial charge on any atom is -0.0171 e. The highest BCUT2D eigenvalue weighted by Gasteiger charge is 2.11. The smallest absolute Gasteiger partial charge is 0.0171 e. The van der Waals surface area contributed by atoms with Gasteiger partial charge < -0.3 is 0 Å². The monoisotopic (exact) mass is 778 g/mol. The first-order valence-electron chi connectivity index (χ1n) is 21.7. The third-order valence-corrected chi connectivity index (χ3v) is 14.1. The SMILES string of the molecule is c1ccc2cc3cc4cc5cc6cc7cc8cc9cc%10cc%11cc%12cc%13cc%14cc%15ccccc%15cc%14cc%13cc%12cc%11cc%10cc9cc8cc7cc6cc5cc4cc3cc2c1. The van der Waals surface area contributed by atoms with E-state index >= 15 is 0 Å². The molecule has 0 radical (unpaired) electrons. The van der Waals surface area contributed by atoms with E-state index < -0.39 is 0 Å². The van der Waals surface area contributed by atoms with E-state index in [2.05, 4.69) is 206 Å². The molecule has 0 aliphatic carbocycles. The molecule has 0 aliphatic heterocycles. The third-order valence-electron chi connectivity index (χ3n) is 14.1. The summed E-state index contributed by atoms with van der Waals surface area (Å²) in [6.07, 6.45) is 0. The number of rotatable bonds is 0. The van der Waals surface area contributed by atoms with Crippen LogP contribution in [-0.4, -0.2) is 0 Å². The molecule has 0 unspecified atom stereocenters. The van der Waals surface area contributed by atoms with Crippen LogP contribution in [0.25, 0.3) is 151 Å². The van der Waals surface area contributed by atoms with Crippen molar-refractivity contribution in [2.75, 3.05) is 0 Å². The Morgan fingerprint density at radius 3 is 0.274 bits per heavy atom. The van der Waals surface area contributed by atoms with Crippen LogP contribution in [0.4, 0.5) is 0 Å². The Kier molecular flexibility index (Phi) is 6.24. The molecule has 0 N–H and O–H groups in total. The minimum Gasteiger partial charge on any atom is -0.0616 e. The molecule has 0 heterocycles. The fourth-order valence-corrected chi connectivity index (χ4v) is 10.9. The summed E-state index contributed by atoms with van der Waals surface area (Å²) in [6.45, 7) is 0. The average Bonchev–Trinajstić information content (AvgIpc) is 3.28. The second kappa shape index (κ2) is 11.8. The molecule has 15 aromatic rings. The molecule has 0 saturated heterocycles. The molecule has 0 nitrogen and oxygen atoms in total. The summed E-state index contributed by atoms with van der Waals surface area (Å²) in [6, 6.07) is 78.9. The van der Waals surface area contributed by atoms with Crippen LogP contribution in [-0.2, 0) is 0 Å². The van der Waals surface area contributed by atoms with Gasteiger partial charge in [0.1, 0.15) is 0 Å². The molecular weight excluding hydrogens is 745 g/mol. The Bertz CT molecular complexity index is 3970. The van der Waals surface area contributed by atoms with Crippen molar-refractivity contribution in [1.29, 1.82) is 0 Å². The molecule has 0 aromatic heterocycles. The van der Waals surface area contributed by atoms with Crippen LogP contribution < -0.4 is 0 Å². The summed E-state index contributed by atoms with van der Waals surface area (Å²) < 4.78 is 0. The molecule has 282 valence electrons. The van der Waals surface area contributed by atoms with Crippen molar-refractivity contribution in [1.82, 2.24) is 0 Å². The zero-order valence-corrected chi connectivity index (χ0v) is 33.6. The van der Waals surface area contributed by atoms with Gasteiger partial charge in [0.15, 0.2) is 0 Å². The van der Waals surface area contributed by atoms with Gasteiger partial charge in [-0.15, -0.1) is 0 Å². The van der Waals surface area contributed by atoms with Crippen LogP contribution in [0.5, 0.6) is 0 Å². The Morgan fingerprint density at radius 1 is 0.0968 bits per heavy atom. The minimum absolute atomic E-state index is 1.27. The summed E-state index contributed by atoms with van der Waals surface area (Å²) in [4.78, 5) is 0. The first-order valence-corrected chi connectivity index (χ1v) is 21.7. The van der Waals surface area contributed by atoms with Gasteiger partial charge in [-0.2, -0.15) is 0 Å². The number of hydrogen-bond donors (Lipinski definition) is 0. The van der Waals surface area contributed by atoms with Crippen LogP contribution in [0.2, 0.25) is 0 Å². The van der Waals surface area contributed by atoms with Gasteiger partial charge in [-0.05, 0) is 309 Å². The summed E-state index contributed by atoms with van der Waals surface area (Å²) in [5, 5.41) is 35.8. The number of hydrogen-bond acceptors (Lipinski definition) is 0. The Morgan fingerprint density at radius 2 is 0.177 bits per heavy atom. The molecule has 0 aliphatic rings. The van der Waals surface area contributed by atoms with Crippen molar-refractivity contribution in [3.05, 3.63) is 206 Å². The second-order valence-corrected chi connectivity index (χ2v) is 17.9. The minimum atomic E-state index is 1.27. The van der Waals surface area contributed by atoms with Crippen LogP contribution >= 0.6 is 0 Å². The number of benzene rings is 15. The van der Waals surface area contributed by atoms with Crippen molar-refractivity contribution in [3.63, 3.8) is 0 Å². The van der Waals surface area contributed by atoms with Crippen molar-refractivity contribution in [2.45, 2.75) is 0 Å². The molecule has 0 amide bonds. The van der Waals surface area contributed by atoms with E-state index in [9.17, 15) is 0 Å². The van der Waals surface area contributed by atoms with Gasteiger partial charge in [-0.25, -0.2) is 0 Å². The molecule has 62 heavy (non-hydrogen) atoms. The van der Waals surface area contributed by atoms with Crippen molar-refractivity contribution >= 4 is 151 Å². The lowest BCUT2D eigenvalue weighted by Gasteiger charge is -2.11. The second-order valence-electron chi connectivity index (χ2n) is 17.9. The van der Waals surface area contributed by atoms with E-state index in [1.807, 2.05) is 0 Å². The van der Waals surface area contributed by atoms with Crippen molar-refractivity contribution in [3.8, 4) is 0 Å². The fraction of sp³-hybridized carbons (Fsp3) is 0. The van der Waals surface area contributed by atoms with E-state index in [0.717, 1.165) is 0 Å². The van der Waals surface area contributed by atoms with E-state index in [0.29, 0.717) is 0 Å². The van der Waals surface area contributed by atoms with Gasteiger partial charge in [-0.3, -0.25) is 0 Å². The maximum atomic E-state index is 2.39. The summed E-state index contributed by atoms with van der Waals surface area (Å²) in [5.41, 5.74) is 0. The van der Waals surface area contributed by atoms with Crippen LogP contribution in [0.1, 0.15) is 0 Å². The molecule has 15 aromatic carbocycles. The van der Waals surface area contributed by atoms with Crippen molar-refractivity contribution < 1.29 is 0 Å². The van der Waals surface area contributed by atoms with Gasteiger partial charge in [0.2, 0.25) is 0 Å². The maximum absolute atomic E-state index is 2.39.